The van der Waals surface area contributed by atoms with Crippen LogP contribution < -0.4 is 16.4 Å². The van der Waals surface area contributed by atoms with Gasteiger partial charge in [0.05, 0.1) is 16.6 Å². The molecule has 0 aromatic heterocycles. The van der Waals surface area contributed by atoms with Crippen molar-refractivity contribution in [2.75, 3.05) is 18.8 Å². The van der Waals surface area contributed by atoms with Crippen molar-refractivity contribution in [3.63, 3.8) is 0 Å². The molecule has 0 aliphatic heterocycles. The van der Waals surface area contributed by atoms with Crippen molar-refractivity contribution in [1.82, 2.24) is 10.6 Å². The number of carbonyl (C=O) groups excluding carboxylic acids is 1. The van der Waals surface area contributed by atoms with E-state index in [0.717, 1.165) is 12.6 Å². The lowest BCUT2D eigenvalue weighted by atomic mass is 10.1. The number of anilines is 1. The topological polar surface area (TPSA) is 110 Å². The van der Waals surface area contributed by atoms with E-state index >= 15 is 0 Å². The molecule has 0 saturated heterocycles. The van der Waals surface area contributed by atoms with Crippen molar-refractivity contribution < 1.29 is 14.1 Å². The van der Waals surface area contributed by atoms with E-state index in [9.17, 15) is 19.3 Å². The fraction of sp³-hybridized carbons (Fsp3) is 0.417. The zero-order valence-corrected chi connectivity index (χ0v) is 12.5. The Morgan fingerprint density at radius 1 is 1.52 bits per heavy atom. The van der Waals surface area contributed by atoms with Gasteiger partial charge in [-0.3, -0.25) is 14.9 Å². The monoisotopic (exact) mass is 320 g/mol. The van der Waals surface area contributed by atoms with Crippen molar-refractivity contribution in [1.29, 1.82) is 0 Å². The number of likely N-dealkylation sites (N-methyl/N-ethyl adjacent to an activating group) is 1. The maximum atomic E-state index is 13.3. The van der Waals surface area contributed by atoms with Gasteiger partial charge in [-0.15, -0.1) is 12.4 Å². The molecule has 7 nitrogen and oxygen atoms in total. The highest BCUT2D eigenvalue weighted by Gasteiger charge is 2.21. The number of nitrogens with two attached hydrogens (primary N) is 1. The lowest BCUT2D eigenvalue weighted by molar-refractivity contribution is -0.384. The third-order valence-corrected chi connectivity index (χ3v) is 2.69. The highest BCUT2D eigenvalue weighted by Crippen LogP contribution is 2.26. The van der Waals surface area contributed by atoms with Crippen molar-refractivity contribution in [2.24, 2.45) is 0 Å². The second kappa shape index (κ2) is 8.38. The standard InChI is InChI=1S/C12H17FN4O3.ClH/c1-3-15-7(2)6-16-12(18)9-4-8(13)5-10(11(9)14)17(19)20;/h4-5,7,15H,3,6,14H2,1-2H3,(H,16,18);1H/t7-;/m1./s1. The van der Waals surface area contributed by atoms with E-state index in [-0.39, 0.29) is 29.7 Å². The summed E-state index contributed by atoms with van der Waals surface area (Å²) in [4.78, 5) is 21.8. The Labute approximate surface area is 127 Å². The molecule has 0 fully saturated rings. The Hall–Kier alpha value is -1.93. The SMILES string of the molecule is CCN[C@H](C)CNC(=O)c1cc(F)cc([N+](=O)[O-])c1N.Cl. The van der Waals surface area contributed by atoms with E-state index in [4.69, 9.17) is 5.73 Å². The summed E-state index contributed by atoms with van der Waals surface area (Å²) in [5, 5.41) is 16.3. The quantitative estimate of drug-likeness (QED) is 0.417. The minimum Gasteiger partial charge on any atom is -0.393 e. The fourth-order valence-corrected chi connectivity index (χ4v) is 1.70. The van der Waals surface area contributed by atoms with E-state index in [1.54, 1.807) is 0 Å². The number of nitro benzene ring substituents is 1. The molecule has 118 valence electrons. The lowest BCUT2D eigenvalue weighted by Gasteiger charge is -2.14. The van der Waals surface area contributed by atoms with E-state index in [2.05, 4.69) is 10.6 Å². The van der Waals surface area contributed by atoms with Crippen molar-refractivity contribution in [3.8, 4) is 0 Å². The number of benzene rings is 1. The van der Waals surface area contributed by atoms with Crippen LogP contribution in [-0.4, -0.2) is 30.0 Å². The first-order chi connectivity index (χ1) is 9.36. The molecule has 0 radical (unpaired) electrons. The largest absolute Gasteiger partial charge is 0.393 e. The maximum Gasteiger partial charge on any atom is 0.295 e. The number of hydrogen-bond acceptors (Lipinski definition) is 5. The maximum absolute atomic E-state index is 13.3. The second-order valence-electron chi connectivity index (χ2n) is 4.31. The van der Waals surface area contributed by atoms with E-state index < -0.39 is 22.3 Å². The van der Waals surface area contributed by atoms with Gasteiger partial charge in [0, 0.05) is 12.6 Å². The first-order valence-electron chi connectivity index (χ1n) is 6.11. The van der Waals surface area contributed by atoms with Gasteiger partial charge in [0.2, 0.25) is 0 Å². The van der Waals surface area contributed by atoms with Crippen LogP contribution in [0.4, 0.5) is 15.8 Å². The highest BCUT2D eigenvalue weighted by molar-refractivity contribution is 6.01. The molecular weight excluding hydrogens is 303 g/mol. The Morgan fingerprint density at radius 2 is 2.14 bits per heavy atom. The normalized spacial score (nSPS) is 11.4. The Morgan fingerprint density at radius 3 is 2.67 bits per heavy atom. The van der Waals surface area contributed by atoms with Gasteiger partial charge in [-0.25, -0.2) is 4.39 Å². The summed E-state index contributed by atoms with van der Waals surface area (Å²) < 4.78 is 13.3. The Kier molecular flexibility index (Phi) is 7.61. The number of nitrogens with one attached hydrogen (secondary N) is 2. The molecule has 1 atom stereocenters. The van der Waals surface area contributed by atoms with Gasteiger partial charge in [0.15, 0.2) is 0 Å². The highest BCUT2D eigenvalue weighted by atomic mass is 35.5. The number of nitrogen functional groups attached to an aromatic ring is 1. The van der Waals surface area contributed by atoms with Gasteiger partial charge in [-0.1, -0.05) is 6.92 Å². The minimum atomic E-state index is -0.879. The van der Waals surface area contributed by atoms with E-state index in [1.807, 2.05) is 13.8 Å². The summed E-state index contributed by atoms with van der Waals surface area (Å²) in [5.74, 6) is -1.52. The molecule has 4 N–H and O–H groups in total. The summed E-state index contributed by atoms with van der Waals surface area (Å²) >= 11 is 0. The molecule has 1 amide bonds. The molecule has 0 heterocycles. The van der Waals surface area contributed by atoms with Crippen molar-refractivity contribution in [3.05, 3.63) is 33.6 Å². The third kappa shape index (κ3) is 5.16. The lowest BCUT2D eigenvalue weighted by Crippen LogP contribution is -2.39. The molecule has 0 saturated carbocycles. The Balaban J connectivity index is 0.00000400. The Bertz CT molecular complexity index is 527. The van der Waals surface area contributed by atoms with Crippen LogP contribution in [0.25, 0.3) is 0 Å². The van der Waals surface area contributed by atoms with Crippen LogP contribution in [0.2, 0.25) is 0 Å². The number of hydrogen-bond donors (Lipinski definition) is 3. The number of nitro groups is 1. The zero-order chi connectivity index (χ0) is 15.3. The van der Waals surface area contributed by atoms with Crippen molar-refractivity contribution >= 4 is 29.7 Å². The van der Waals surface area contributed by atoms with Crippen LogP contribution in [0.3, 0.4) is 0 Å². The smallest absolute Gasteiger partial charge is 0.295 e. The molecule has 21 heavy (non-hydrogen) atoms. The predicted octanol–water partition coefficient (Wildman–Crippen LogP) is 1.47. The summed E-state index contributed by atoms with van der Waals surface area (Å²) in [5.41, 5.74) is 4.34. The van der Waals surface area contributed by atoms with Gasteiger partial charge >= 0.3 is 0 Å². The molecular formula is C12H18ClFN4O3. The van der Waals surface area contributed by atoms with Gasteiger partial charge in [-0.2, -0.15) is 0 Å². The van der Waals surface area contributed by atoms with Crippen molar-refractivity contribution in [2.45, 2.75) is 19.9 Å². The number of nitrogens with zero attached hydrogens (tertiary/aromatic N) is 1. The molecule has 0 spiro atoms. The zero-order valence-electron chi connectivity index (χ0n) is 11.7. The van der Waals surface area contributed by atoms with Crippen LogP contribution in [0.1, 0.15) is 24.2 Å². The molecule has 0 aliphatic carbocycles. The average Bonchev–Trinajstić information content (AvgIpc) is 2.38. The van der Waals surface area contributed by atoms with E-state index in [0.29, 0.717) is 12.6 Å². The van der Waals surface area contributed by atoms with Gasteiger partial charge in [-0.05, 0) is 19.5 Å². The average molecular weight is 321 g/mol. The molecule has 1 rings (SSSR count). The van der Waals surface area contributed by atoms with Crippen LogP contribution in [0.5, 0.6) is 0 Å². The first-order valence-corrected chi connectivity index (χ1v) is 6.11. The number of carbonyl (C=O) groups is 1. The van der Waals surface area contributed by atoms with Crippen LogP contribution >= 0.6 is 12.4 Å². The summed E-state index contributed by atoms with van der Waals surface area (Å²) in [7, 11) is 0. The van der Waals surface area contributed by atoms with Crippen LogP contribution in [-0.2, 0) is 0 Å². The molecule has 1 aromatic carbocycles. The summed E-state index contributed by atoms with van der Waals surface area (Å²) in [6.45, 7) is 4.83. The fourth-order valence-electron chi connectivity index (χ4n) is 1.70. The molecule has 0 unspecified atom stereocenters. The molecule has 1 aromatic rings. The predicted molar refractivity (Wildman–Crippen MR) is 80.2 cm³/mol. The van der Waals surface area contributed by atoms with E-state index in [1.165, 1.54) is 0 Å². The minimum absolute atomic E-state index is 0. The number of halogens is 2. The molecule has 0 aliphatic rings. The number of rotatable bonds is 6. The van der Waals surface area contributed by atoms with Gasteiger partial charge in [0.1, 0.15) is 11.5 Å². The summed E-state index contributed by atoms with van der Waals surface area (Å²) in [6.07, 6.45) is 0. The van der Waals surface area contributed by atoms with Gasteiger partial charge in [0.25, 0.3) is 11.6 Å². The third-order valence-electron chi connectivity index (χ3n) is 2.69. The molecule has 0 bridgehead atoms. The summed E-state index contributed by atoms with van der Waals surface area (Å²) in [6, 6.07) is 1.59. The second-order valence-corrected chi connectivity index (χ2v) is 4.31. The van der Waals surface area contributed by atoms with Gasteiger partial charge < -0.3 is 16.4 Å². The number of amides is 1. The van der Waals surface area contributed by atoms with Crippen LogP contribution in [0.15, 0.2) is 12.1 Å². The van der Waals surface area contributed by atoms with Crippen LogP contribution in [0, 0.1) is 15.9 Å². The first kappa shape index (κ1) is 19.1. The molecule has 9 heteroatoms.